The molecule has 0 radical (unpaired) electrons. The zero-order chi connectivity index (χ0) is 13.0. The number of rotatable bonds is 4. The quantitative estimate of drug-likeness (QED) is 0.836. The van der Waals surface area contributed by atoms with E-state index in [0.717, 1.165) is 12.0 Å². The summed E-state index contributed by atoms with van der Waals surface area (Å²) in [5.41, 5.74) is 6.44. The van der Waals surface area contributed by atoms with Crippen molar-refractivity contribution in [1.29, 1.82) is 0 Å². The molecule has 4 nitrogen and oxygen atoms in total. The molecule has 2 rings (SSSR count). The third-order valence-electron chi connectivity index (χ3n) is 3.40. The lowest BCUT2D eigenvalue weighted by molar-refractivity contribution is -0.124. The lowest BCUT2D eigenvalue weighted by Crippen LogP contribution is -2.49. The fourth-order valence-electron chi connectivity index (χ4n) is 2.23. The Balaban J connectivity index is 2.06. The lowest BCUT2D eigenvalue weighted by atomic mass is 9.95. The molecule has 4 heteroatoms. The van der Waals surface area contributed by atoms with E-state index in [1.165, 1.54) is 0 Å². The molecule has 1 heterocycles. The van der Waals surface area contributed by atoms with Crippen LogP contribution < -0.4 is 11.1 Å². The van der Waals surface area contributed by atoms with E-state index in [-0.39, 0.29) is 17.4 Å². The number of ether oxygens (including phenoxy) is 1. The van der Waals surface area contributed by atoms with E-state index >= 15 is 0 Å². The molecular formula is C14H20N2O2. The second-order valence-electron chi connectivity index (χ2n) is 5.05. The SMILES string of the molecule is CC1(NC(=O)C(CN)c2ccccc2)CCOC1. The molecule has 18 heavy (non-hydrogen) atoms. The van der Waals surface area contributed by atoms with Crippen LogP contribution in [0.3, 0.4) is 0 Å². The number of carbonyl (C=O) groups is 1. The lowest BCUT2D eigenvalue weighted by Gasteiger charge is -2.26. The number of benzene rings is 1. The molecule has 2 atom stereocenters. The van der Waals surface area contributed by atoms with Gasteiger partial charge in [-0.2, -0.15) is 0 Å². The zero-order valence-electron chi connectivity index (χ0n) is 10.7. The normalized spacial score (nSPS) is 24.8. The molecule has 0 spiro atoms. The fraction of sp³-hybridized carbons (Fsp3) is 0.500. The first-order valence-electron chi connectivity index (χ1n) is 6.29. The van der Waals surface area contributed by atoms with Gasteiger partial charge in [0.2, 0.25) is 5.91 Å². The van der Waals surface area contributed by atoms with Gasteiger partial charge in [0.05, 0.1) is 18.1 Å². The summed E-state index contributed by atoms with van der Waals surface area (Å²) in [6.07, 6.45) is 0.852. The van der Waals surface area contributed by atoms with E-state index in [0.29, 0.717) is 19.8 Å². The van der Waals surface area contributed by atoms with Crippen LogP contribution >= 0.6 is 0 Å². The average Bonchev–Trinajstić information content (AvgIpc) is 2.78. The van der Waals surface area contributed by atoms with E-state index in [2.05, 4.69) is 5.32 Å². The molecule has 0 aromatic heterocycles. The van der Waals surface area contributed by atoms with Crippen molar-refractivity contribution in [2.45, 2.75) is 24.8 Å². The van der Waals surface area contributed by atoms with Gasteiger partial charge in [0.1, 0.15) is 0 Å². The summed E-state index contributed by atoms with van der Waals surface area (Å²) in [7, 11) is 0. The van der Waals surface area contributed by atoms with E-state index in [1.807, 2.05) is 37.3 Å². The minimum Gasteiger partial charge on any atom is -0.379 e. The third-order valence-corrected chi connectivity index (χ3v) is 3.40. The van der Waals surface area contributed by atoms with E-state index < -0.39 is 0 Å². The Labute approximate surface area is 108 Å². The Morgan fingerprint density at radius 1 is 1.50 bits per heavy atom. The number of hydrogen-bond acceptors (Lipinski definition) is 3. The molecule has 0 bridgehead atoms. The second-order valence-corrected chi connectivity index (χ2v) is 5.05. The van der Waals surface area contributed by atoms with Gasteiger partial charge in [-0.1, -0.05) is 30.3 Å². The molecule has 1 aliphatic heterocycles. The molecule has 1 fully saturated rings. The summed E-state index contributed by atoms with van der Waals surface area (Å²) in [4.78, 5) is 12.3. The first-order chi connectivity index (χ1) is 8.64. The monoisotopic (exact) mass is 248 g/mol. The minimum absolute atomic E-state index is 0.0169. The van der Waals surface area contributed by atoms with E-state index in [1.54, 1.807) is 0 Å². The molecule has 3 N–H and O–H groups in total. The molecule has 98 valence electrons. The summed E-state index contributed by atoms with van der Waals surface area (Å²) in [5, 5.41) is 3.06. The standard InChI is InChI=1S/C14H20N2O2/c1-14(7-8-18-10-14)16-13(17)12(9-15)11-5-3-2-4-6-11/h2-6,12H,7-10,15H2,1H3,(H,16,17). The van der Waals surface area contributed by atoms with Crippen molar-refractivity contribution in [3.05, 3.63) is 35.9 Å². The molecule has 1 saturated heterocycles. The summed E-state index contributed by atoms with van der Waals surface area (Å²) in [6, 6.07) is 9.65. The fourth-order valence-corrected chi connectivity index (χ4v) is 2.23. The molecular weight excluding hydrogens is 228 g/mol. The molecule has 1 aromatic rings. The molecule has 0 saturated carbocycles. The smallest absolute Gasteiger partial charge is 0.229 e. The maximum absolute atomic E-state index is 12.3. The number of carbonyl (C=O) groups excluding carboxylic acids is 1. The van der Waals surface area contributed by atoms with Crippen molar-refractivity contribution in [2.75, 3.05) is 19.8 Å². The highest BCUT2D eigenvalue weighted by Crippen LogP contribution is 2.21. The highest BCUT2D eigenvalue weighted by Gasteiger charge is 2.33. The van der Waals surface area contributed by atoms with Crippen molar-refractivity contribution in [3.63, 3.8) is 0 Å². The van der Waals surface area contributed by atoms with Crippen molar-refractivity contribution < 1.29 is 9.53 Å². The number of nitrogens with one attached hydrogen (secondary N) is 1. The van der Waals surface area contributed by atoms with Gasteiger partial charge < -0.3 is 15.8 Å². The molecule has 1 aliphatic rings. The third kappa shape index (κ3) is 2.89. The largest absolute Gasteiger partial charge is 0.379 e. The first kappa shape index (κ1) is 13.1. The maximum atomic E-state index is 12.3. The summed E-state index contributed by atoms with van der Waals surface area (Å²) < 4.78 is 5.33. The van der Waals surface area contributed by atoms with Gasteiger partial charge in [-0.05, 0) is 18.9 Å². The van der Waals surface area contributed by atoms with Gasteiger partial charge in [-0.3, -0.25) is 4.79 Å². The van der Waals surface area contributed by atoms with Crippen molar-refractivity contribution in [3.8, 4) is 0 Å². The topological polar surface area (TPSA) is 64.4 Å². The average molecular weight is 248 g/mol. The van der Waals surface area contributed by atoms with Gasteiger partial charge in [-0.15, -0.1) is 0 Å². The van der Waals surface area contributed by atoms with Crippen molar-refractivity contribution in [1.82, 2.24) is 5.32 Å². The van der Waals surface area contributed by atoms with E-state index in [9.17, 15) is 4.79 Å². The van der Waals surface area contributed by atoms with Crippen LogP contribution in [0.15, 0.2) is 30.3 Å². The number of amides is 1. The highest BCUT2D eigenvalue weighted by molar-refractivity contribution is 5.84. The van der Waals surface area contributed by atoms with Crippen LogP contribution in [0.5, 0.6) is 0 Å². The Bertz CT molecular complexity index is 400. The molecule has 1 aromatic carbocycles. The summed E-state index contributed by atoms with van der Waals surface area (Å²) in [5.74, 6) is -0.305. The van der Waals surface area contributed by atoms with E-state index in [4.69, 9.17) is 10.5 Å². The summed E-state index contributed by atoms with van der Waals surface area (Å²) >= 11 is 0. The van der Waals surface area contributed by atoms with Crippen LogP contribution in [0.4, 0.5) is 0 Å². The Morgan fingerprint density at radius 3 is 2.78 bits per heavy atom. The zero-order valence-corrected chi connectivity index (χ0v) is 10.7. The predicted molar refractivity (Wildman–Crippen MR) is 70.2 cm³/mol. The van der Waals surface area contributed by atoms with Crippen molar-refractivity contribution >= 4 is 5.91 Å². The van der Waals surface area contributed by atoms with Crippen LogP contribution in [0.1, 0.15) is 24.8 Å². The van der Waals surface area contributed by atoms with Crippen molar-refractivity contribution in [2.24, 2.45) is 5.73 Å². The van der Waals surface area contributed by atoms with Gasteiger partial charge in [-0.25, -0.2) is 0 Å². The first-order valence-corrected chi connectivity index (χ1v) is 6.29. The van der Waals surface area contributed by atoms with Gasteiger partial charge >= 0.3 is 0 Å². The summed E-state index contributed by atoms with van der Waals surface area (Å²) in [6.45, 7) is 3.60. The minimum atomic E-state index is -0.288. The maximum Gasteiger partial charge on any atom is 0.229 e. The molecule has 0 aliphatic carbocycles. The van der Waals surface area contributed by atoms with Gasteiger partial charge in [0.25, 0.3) is 0 Å². The van der Waals surface area contributed by atoms with Gasteiger partial charge in [0.15, 0.2) is 0 Å². The molecule has 2 unspecified atom stereocenters. The number of hydrogen-bond donors (Lipinski definition) is 2. The highest BCUT2D eigenvalue weighted by atomic mass is 16.5. The van der Waals surface area contributed by atoms with Crippen LogP contribution in [-0.2, 0) is 9.53 Å². The Kier molecular flexibility index (Phi) is 3.99. The van der Waals surface area contributed by atoms with Crippen LogP contribution in [0.2, 0.25) is 0 Å². The Hall–Kier alpha value is -1.39. The van der Waals surface area contributed by atoms with Crippen LogP contribution in [0, 0.1) is 0 Å². The Morgan fingerprint density at radius 2 is 2.22 bits per heavy atom. The van der Waals surface area contributed by atoms with Crippen LogP contribution in [0.25, 0.3) is 0 Å². The van der Waals surface area contributed by atoms with Gasteiger partial charge in [0, 0.05) is 13.2 Å². The molecule has 1 amide bonds. The van der Waals surface area contributed by atoms with Crippen LogP contribution in [-0.4, -0.2) is 31.2 Å². The predicted octanol–water partition coefficient (Wildman–Crippen LogP) is 1.02. The second kappa shape index (κ2) is 5.50. The number of nitrogens with two attached hydrogens (primary N) is 1.